The minimum absolute atomic E-state index is 0.180. The molecule has 0 aromatic heterocycles. The summed E-state index contributed by atoms with van der Waals surface area (Å²) in [5, 5.41) is 1.06. The molecule has 7 heteroatoms. The van der Waals surface area contributed by atoms with Crippen LogP contribution in [0.25, 0.3) is 11.1 Å². The van der Waals surface area contributed by atoms with Crippen LogP contribution in [0, 0.1) is 0 Å². The summed E-state index contributed by atoms with van der Waals surface area (Å²) in [6.07, 6.45) is 0. The zero-order chi connectivity index (χ0) is 20.3. The van der Waals surface area contributed by atoms with E-state index >= 15 is 0 Å². The number of sulfonamides is 1. The van der Waals surface area contributed by atoms with Crippen molar-refractivity contribution in [1.29, 1.82) is 0 Å². The molecule has 0 amide bonds. The van der Waals surface area contributed by atoms with Gasteiger partial charge in [0.05, 0.1) is 4.90 Å². The predicted octanol–water partition coefficient (Wildman–Crippen LogP) is 5.52. The summed E-state index contributed by atoms with van der Waals surface area (Å²) in [6, 6.07) is 19.2. The molecule has 0 aliphatic heterocycles. The SMILES string of the molecule is CN(C)Cc1cccc(NS(=O)(=O)c2ccc(-c3ccc(Cl)cc3Cl)cc2)c1. The van der Waals surface area contributed by atoms with E-state index in [1.165, 1.54) is 0 Å². The Hall–Kier alpha value is -2.05. The van der Waals surface area contributed by atoms with Crippen LogP contribution >= 0.6 is 23.2 Å². The van der Waals surface area contributed by atoms with E-state index in [1.54, 1.807) is 42.5 Å². The number of hydrogen-bond acceptors (Lipinski definition) is 3. The van der Waals surface area contributed by atoms with Gasteiger partial charge in [-0.15, -0.1) is 0 Å². The Morgan fingerprint density at radius 2 is 1.64 bits per heavy atom. The molecule has 3 aromatic rings. The second-order valence-electron chi connectivity index (χ2n) is 6.69. The van der Waals surface area contributed by atoms with Crippen LogP contribution in [0.5, 0.6) is 0 Å². The fraction of sp³-hybridized carbons (Fsp3) is 0.143. The van der Waals surface area contributed by atoms with Crippen LogP contribution in [0.3, 0.4) is 0 Å². The highest BCUT2D eigenvalue weighted by Gasteiger charge is 2.15. The first-order chi connectivity index (χ1) is 13.2. The minimum atomic E-state index is -3.69. The standard InChI is InChI=1S/C21H20Cl2N2O2S/c1-25(2)14-15-4-3-5-18(12-15)24-28(26,27)19-9-6-16(7-10-19)20-11-8-17(22)13-21(20)23/h3-13,24H,14H2,1-2H3. The average Bonchev–Trinajstić information content (AvgIpc) is 2.61. The second kappa shape index (κ2) is 8.53. The van der Waals surface area contributed by atoms with E-state index in [-0.39, 0.29) is 4.90 Å². The molecule has 0 fully saturated rings. The van der Waals surface area contributed by atoms with Crippen LogP contribution in [0.1, 0.15) is 5.56 Å². The first-order valence-electron chi connectivity index (χ1n) is 8.56. The topological polar surface area (TPSA) is 49.4 Å². The Bertz CT molecular complexity index is 1080. The van der Waals surface area contributed by atoms with Crippen molar-refractivity contribution in [2.45, 2.75) is 11.4 Å². The van der Waals surface area contributed by atoms with Crippen LogP contribution in [0.2, 0.25) is 10.0 Å². The quantitative estimate of drug-likeness (QED) is 0.555. The molecule has 0 aliphatic rings. The second-order valence-corrected chi connectivity index (χ2v) is 9.22. The van der Waals surface area contributed by atoms with Gasteiger partial charge in [-0.3, -0.25) is 4.72 Å². The van der Waals surface area contributed by atoms with Crippen molar-refractivity contribution >= 4 is 38.9 Å². The molecule has 0 atom stereocenters. The summed E-state index contributed by atoms with van der Waals surface area (Å²) in [5.41, 5.74) is 3.16. The monoisotopic (exact) mass is 434 g/mol. The summed E-state index contributed by atoms with van der Waals surface area (Å²) in [4.78, 5) is 2.20. The summed E-state index contributed by atoms with van der Waals surface area (Å²) >= 11 is 12.2. The van der Waals surface area contributed by atoms with Crippen molar-refractivity contribution in [3.63, 3.8) is 0 Å². The van der Waals surface area contributed by atoms with Gasteiger partial charge in [-0.1, -0.05) is 53.5 Å². The van der Waals surface area contributed by atoms with E-state index in [9.17, 15) is 8.42 Å². The molecule has 0 saturated heterocycles. The van der Waals surface area contributed by atoms with Crippen molar-refractivity contribution in [2.75, 3.05) is 18.8 Å². The molecule has 0 bridgehead atoms. The molecular formula is C21H20Cl2N2O2S. The minimum Gasteiger partial charge on any atom is -0.305 e. The third kappa shape index (κ3) is 5.06. The van der Waals surface area contributed by atoms with E-state index < -0.39 is 10.0 Å². The molecule has 3 rings (SSSR count). The Kier molecular flexibility index (Phi) is 6.30. The molecule has 0 radical (unpaired) electrons. The van der Waals surface area contributed by atoms with E-state index in [4.69, 9.17) is 23.2 Å². The van der Waals surface area contributed by atoms with Gasteiger partial charge in [0.15, 0.2) is 0 Å². The van der Waals surface area contributed by atoms with Crippen LogP contribution in [-0.4, -0.2) is 27.4 Å². The van der Waals surface area contributed by atoms with E-state index in [0.717, 1.165) is 23.2 Å². The first kappa shape index (κ1) is 20.7. The van der Waals surface area contributed by atoms with Gasteiger partial charge in [-0.25, -0.2) is 8.42 Å². The normalized spacial score (nSPS) is 11.6. The number of benzene rings is 3. The number of rotatable bonds is 6. The predicted molar refractivity (Wildman–Crippen MR) is 117 cm³/mol. The number of nitrogens with one attached hydrogen (secondary N) is 1. The largest absolute Gasteiger partial charge is 0.305 e. The summed E-state index contributed by atoms with van der Waals surface area (Å²) in [6.45, 7) is 0.728. The van der Waals surface area contributed by atoms with E-state index in [2.05, 4.69) is 4.72 Å². The molecule has 1 N–H and O–H groups in total. The maximum atomic E-state index is 12.7. The molecule has 0 aliphatic carbocycles. The molecule has 0 spiro atoms. The van der Waals surface area contributed by atoms with Crippen LogP contribution < -0.4 is 4.72 Å². The number of halogens is 2. The highest BCUT2D eigenvalue weighted by atomic mass is 35.5. The van der Waals surface area contributed by atoms with E-state index in [1.807, 2.05) is 43.3 Å². The number of anilines is 1. The Labute approximate surface area is 175 Å². The lowest BCUT2D eigenvalue weighted by molar-refractivity contribution is 0.402. The lowest BCUT2D eigenvalue weighted by atomic mass is 10.1. The van der Waals surface area contributed by atoms with Gasteiger partial charge in [0.1, 0.15) is 0 Å². The van der Waals surface area contributed by atoms with Gasteiger partial charge in [0, 0.05) is 27.8 Å². The van der Waals surface area contributed by atoms with Gasteiger partial charge in [0.25, 0.3) is 10.0 Å². The van der Waals surface area contributed by atoms with Crippen molar-refractivity contribution in [3.05, 3.63) is 82.3 Å². The summed E-state index contributed by atoms with van der Waals surface area (Å²) in [5.74, 6) is 0. The zero-order valence-electron chi connectivity index (χ0n) is 15.5. The van der Waals surface area contributed by atoms with Gasteiger partial charge in [0.2, 0.25) is 0 Å². The molecular weight excluding hydrogens is 415 g/mol. The van der Waals surface area contributed by atoms with Crippen LogP contribution in [-0.2, 0) is 16.6 Å². The van der Waals surface area contributed by atoms with Gasteiger partial charge in [-0.2, -0.15) is 0 Å². The van der Waals surface area contributed by atoms with Gasteiger partial charge < -0.3 is 4.90 Å². The Balaban J connectivity index is 1.83. The molecule has 0 heterocycles. The third-order valence-corrected chi connectivity index (χ3v) is 6.03. The zero-order valence-corrected chi connectivity index (χ0v) is 17.8. The van der Waals surface area contributed by atoms with Gasteiger partial charge >= 0.3 is 0 Å². The Morgan fingerprint density at radius 3 is 2.29 bits per heavy atom. The van der Waals surface area contributed by atoms with Crippen molar-refractivity contribution in [3.8, 4) is 11.1 Å². The third-order valence-electron chi connectivity index (χ3n) is 4.08. The van der Waals surface area contributed by atoms with Crippen molar-refractivity contribution in [1.82, 2.24) is 4.90 Å². The molecule has 0 unspecified atom stereocenters. The maximum Gasteiger partial charge on any atom is 0.261 e. The van der Waals surface area contributed by atoms with Crippen molar-refractivity contribution < 1.29 is 8.42 Å². The van der Waals surface area contributed by atoms with Crippen LogP contribution in [0.4, 0.5) is 5.69 Å². The fourth-order valence-electron chi connectivity index (χ4n) is 2.85. The molecule has 28 heavy (non-hydrogen) atoms. The maximum absolute atomic E-state index is 12.7. The smallest absolute Gasteiger partial charge is 0.261 e. The summed E-state index contributed by atoms with van der Waals surface area (Å²) in [7, 11) is 0.235. The highest BCUT2D eigenvalue weighted by molar-refractivity contribution is 7.92. The molecule has 4 nitrogen and oxygen atoms in total. The van der Waals surface area contributed by atoms with Crippen LogP contribution in [0.15, 0.2) is 71.6 Å². The highest BCUT2D eigenvalue weighted by Crippen LogP contribution is 2.31. The van der Waals surface area contributed by atoms with E-state index in [0.29, 0.717) is 15.7 Å². The Morgan fingerprint density at radius 1 is 0.929 bits per heavy atom. The fourth-order valence-corrected chi connectivity index (χ4v) is 4.42. The molecule has 146 valence electrons. The lowest BCUT2D eigenvalue weighted by Gasteiger charge is -2.13. The number of nitrogens with zero attached hydrogens (tertiary/aromatic N) is 1. The molecule has 3 aromatic carbocycles. The lowest BCUT2D eigenvalue weighted by Crippen LogP contribution is -2.14. The summed E-state index contributed by atoms with van der Waals surface area (Å²) < 4.78 is 28.1. The van der Waals surface area contributed by atoms with Gasteiger partial charge in [-0.05, 0) is 61.6 Å². The number of hydrogen-bond donors (Lipinski definition) is 1. The molecule has 0 saturated carbocycles. The average molecular weight is 435 g/mol. The first-order valence-corrected chi connectivity index (χ1v) is 10.8. The van der Waals surface area contributed by atoms with Crippen molar-refractivity contribution in [2.24, 2.45) is 0 Å².